The van der Waals surface area contributed by atoms with E-state index in [4.69, 9.17) is 11.5 Å². The highest BCUT2D eigenvalue weighted by Gasteiger charge is 2.13. The van der Waals surface area contributed by atoms with E-state index < -0.39 is 0 Å². The third kappa shape index (κ3) is 20.8. The van der Waals surface area contributed by atoms with Gasteiger partial charge in [-0.15, -0.1) is 0 Å². The zero-order valence-corrected chi connectivity index (χ0v) is 27.5. The minimum Gasteiger partial charge on any atom is -0.328 e. The minimum absolute atomic E-state index is 0.384. The molecule has 0 aromatic carbocycles. The Bertz CT molecular complexity index is 719. The zero-order valence-electron chi connectivity index (χ0n) is 27.5. The van der Waals surface area contributed by atoms with E-state index in [1.165, 1.54) is 29.6 Å². The van der Waals surface area contributed by atoms with Crippen molar-refractivity contribution in [1.29, 1.82) is 0 Å². The molecule has 0 radical (unpaired) electrons. The molecule has 5 heteroatoms. The van der Waals surface area contributed by atoms with Crippen LogP contribution in [0.5, 0.6) is 0 Å². The lowest BCUT2D eigenvalue weighted by Gasteiger charge is -2.19. The summed E-state index contributed by atoms with van der Waals surface area (Å²) in [7, 11) is 0. The quantitative estimate of drug-likeness (QED) is 0.265. The summed E-state index contributed by atoms with van der Waals surface area (Å²) >= 11 is 0. The molecule has 0 aliphatic carbocycles. The van der Waals surface area contributed by atoms with Crippen LogP contribution in [0.2, 0.25) is 0 Å². The van der Waals surface area contributed by atoms with Crippen LogP contribution in [0, 0.1) is 25.7 Å². The maximum atomic E-state index is 5.49. The van der Waals surface area contributed by atoms with E-state index in [1.807, 2.05) is 41.5 Å². The predicted molar refractivity (Wildman–Crippen MR) is 170 cm³/mol. The van der Waals surface area contributed by atoms with Crippen molar-refractivity contribution in [2.45, 2.75) is 142 Å². The molecule has 0 bridgehead atoms. The van der Waals surface area contributed by atoms with E-state index in [2.05, 4.69) is 90.6 Å². The van der Waals surface area contributed by atoms with Crippen LogP contribution < -0.4 is 11.5 Å². The van der Waals surface area contributed by atoms with Gasteiger partial charge in [-0.1, -0.05) is 95.6 Å². The molecule has 0 aliphatic heterocycles. The second-order valence-electron chi connectivity index (χ2n) is 9.96. The third-order valence-electron chi connectivity index (χ3n) is 5.52. The van der Waals surface area contributed by atoms with Crippen LogP contribution in [0.3, 0.4) is 0 Å². The molecular formula is C32H65N5. The Balaban J connectivity index is -0.000000212. The Morgan fingerprint density at radius 3 is 1.43 bits per heavy atom. The molecule has 4 N–H and O–H groups in total. The van der Waals surface area contributed by atoms with Gasteiger partial charge < -0.3 is 11.5 Å². The summed E-state index contributed by atoms with van der Waals surface area (Å²) in [6, 6.07) is 0.384. The average molecular weight is 520 g/mol. The molecule has 0 fully saturated rings. The lowest BCUT2D eigenvalue weighted by Crippen LogP contribution is -2.11. The van der Waals surface area contributed by atoms with Crippen molar-refractivity contribution in [2.24, 2.45) is 28.3 Å². The van der Waals surface area contributed by atoms with Crippen LogP contribution in [-0.2, 0) is 6.54 Å². The fourth-order valence-corrected chi connectivity index (χ4v) is 3.14. The molecule has 1 atom stereocenters. The minimum atomic E-state index is 0.384. The molecule has 1 aromatic heterocycles. The third-order valence-corrected chi connectivity index (χ3v) is 5.52. The molecular weight excluding hydrogens is 454 g/mol. The first-order valence-corrected chi connectivity index (χ1v) is 14.3. The summed E-state index contributed by atoms with van der Waals surface area (Å²) in [5.74, 6) is 2.17. The summed E-state index contributed by atoms with van der Waals surface area (Å²) < 4.78 is 0. The van der Waals surface area contributed by atoms with Crippen LogP contribution in [0.4, 0.5) is 0 Å². The topological polar surface area (TPSA) is 90.2 Å². The maximum Gasteiger partial charge on any atom is 0.142 e. The number of aryl methyl sites for hydroxylation is 2. The van der Waals surface area contributed by atoms with Gasteiger partial charge in [-0.3, -0.25) is 4.99 Å². The Morgan fingerprint density at radius 1 is 0.865 bits per heavy atom. The van der Waals surface area contributed by atoms with E-state index in [1.54, 1.807) is 0 Å². The summed E-state index contributed by atoms with van der Waals surface area (Å²) in [6.45, 7) is 39.5. The van der Waals surface area contributed by atoms with Crippen LogP contribution in [-0.4, -0.2) is 22.7 Å². The van der Waals surface area contributed by atoms with Crippen molar-refractivity contribution >= 4 is 6.72 Å². The summed E-state index contributed by atoms with van der Waals surface area (Å²) in [5, 5.41) is 0. The number of rotatable bonds is 8. The zero-order chi connectivity index (χ0) is 30.3. The SMILES string of the molecule is C=N/C(C)=C(\C(=C)C(C)C)C(C)C.CC.CCC(C)N.CCCC.Cc1nc(CN)nc(C)c1C(C)C. The molecule has 0 saturated heterocycles. The first-order valence-electron chi connectivity index (χ1n) is 14.3. The fourth-order valence-electron chi connectivity index (χ4n) is 3.14. The summed E-state index contributed by atoms with van der Waals surface area (Å²) in [6.07, 6.45) is 3.72. The van der Waals surface area contributed by atoms with Gasteiger partial charge >= 0.3 is 0 Å². The van der Waals surface area contributed by atoms with Gasteiger partial charge in [-0.25, -0.2) is 9.97 Å². The van der Waals surface area contributed by atoms with Crippen LogP contribution in [0.1, 0.15) is 138 Å². The van der Waals surface area contributed by atoms with Gasteiger partial charge in [0.2, 0.25) is 0 Å². The molecule has 1 rings (SSSR count). The highest BCUT2D eigenvalue weighted by Crippen LogP contribution is 2.27. The first-order chi connectivity index (χ1) is 17.2. The summed E-state index contributed by atoms with van der Waals surface area (Å²) in [4.78, 5) is 12.7. The van der Waals surface area contributed by atoms with Gasteiger partial charge in [0.25, 0.3) is 0 Å². The fraction of sp³-hybridized carbons (Fsp3) is 0.719. The van der Waals surface area contributed by atoms with Gasteiger partial charge in [0, 0.05) is 23.1 Å². The highest BCUT2D eigenvalue weighted by molar-refractivity contribution is 5.39. The van der Waals surface area contributed by atoms with Gasteiger partial charge in [-0.2, -0.15) is 0 Å². The lowest BCUT2D eigenvalue weighted by molar-refractivity contribution is 0.695. The van der Waals surface area contributed by atoms with Crippen molar-refractivity contribution in [3.8, 4) is 0 Å². The molecule has 37 heavy (non-hydrogen) atoms. The lowest BCUT2D eigenvalue weighted by atomic mass is 9.88. The molecule has 5 nitrogen and oxygen atoms in total. The molecule has 1 unspecified atom stereocenters. The van der Waals surface area contributed by atoms with Gasteiger partial charge in [0.1, 0.15) is 5.82 Å². The van der Waals surface area contributed by atoms with Crippen molar-refractivity contribution < 1.29 is 0 Å². The molecule has 218 valence electrons. The number of aliphatic imine (C=N–C) groups is 1. The largest absolute Gasteiger partial charge is 0.328 e. The Kier molecular flexibility index (Phi) is 29.4. The molecule has 1 aromatic rings. The average Bonchev–Trinajstić information content (AvgIpc) is 2.84. The normalized spacial score (nSPS) is 11.5. The second kappa shape index (κ2) is 25.8. The Morgan fingerprint density at radius 2 is 1.24 bits per heavy atom. The number of unbranched alkanes of at least 4 members (excludes halogenated alkanes) is 1. The first kappa shape index (κ1) is 42.2. The molecule has 0 spiro atoms. The smallest absolute Gasteiger partial charge is 0.142 e. The molecule has 0 amide bonds. The number of aromatic nitrogens is 2. The van der Waals surface area contributed by atoms with Gasteiger partial charge in [0.15, 0.2) is 0 Å². The Labute approximate surface area is 232 Å². The molecule has 0 aliphatic rings. The van der Waals surface area contributed by atoms with E-state index >= 15 is 0 Å². The van der Waals surface area contributed by atoms with Crippen molar-refractivity contribution in [3.63, 3.8) is 0 Å². The number of allylic oxidation sites excluding steroid dienone is 3. The predicted octanol–water partition coefficient (Wildman–Crippen LogP) is 9.08. The highest BCUT2D eigenvalue weighted by atomic mass is 14.9. The van der Waals surface area contributed by atoms with Gasteiger partial charge in [0.05, 0.1) is 6.54 Å². The molecule has 1 heterocycles. The maximum absolute atomic E-state index is 5.49. The van der Waals surface area contributed by atoms with E-state index in [0.717, 1.165) is 29.3 Å². The molecule has 0 saturated carbocycles. The van der Waals surface area contributed by atoms with Crippen LogP contribution >= 0.6 is 0 Å². The van der Waals surface area contributed by atoms with Crippen LogP contribution in [0.15, 0.2) is 28.4 Å². The summed E-state index contributed by atoms with van der Waals surface area (Å²) in [5.41, 5.74) is 17.6. The number of hydrogen-bond donors (Lipinski definition) is 2. The van der Waals surface area contributed by atoms with E-state index in [0.29, 0.717) is 30.3 Å². The van der Waals surface area contributed by atoms with Crippen molar-refractivity contribution in [1.82, 2.24) is 9.97 Å². The number of nitrogens with zero attached hydrogens (tertiary/aromatic N) is 3. The van der Waals surface area contributed by atoms with Crippen molar-refractivity contribution in [3.05, 3.63) is 46.2 Å². The standard InChI is InChI=1S/C12H21N.C10H17N3.C4H11N.C4H10.C2H6/c1-8(2)10(5)12(9(3)4)11(6)13-7;1-6(2)10-7(3)12-9(5-11)13-8(10)4;1-3-4(2)5;1-3-4-2;1-2/h8-9H,5,7H2,1-4,6H3;6H,5,11H2,1-4H3;4H,3,5H2,1-2H3;3-4H2,1-2H3;1-2H3/b12-11-;;;;. The number of hydrogen-bond acceptors (Lipinski definition) is 5. The van der Waals surface area contributed by atoms with E-state index in [-0.39, 0.29) is 0 Å². The second-order valence-corrected chi connectivity index (χ2v) is 9.96. The Hall–Kier alpha value is -1.85. The van der Waals surface area contributed by atoms with Crippen LogP contribution in [0.25, 0.3) is 0 Å². The van der Waals surface area contributed by atoms with Gasteiger partial charge in [-0.05, 0) is 75.3 Å². The van der Waals surface area contributed by atoms with Crippen molar-refractivity contribution in [2.75, 3.05) is 0 Å². The van der Waals surface area contributed by atoms with E-state index in [9.17, 15) is 0 Å². The monoisotopic (exact) mass is 520 g/mol. The number of nitrogens with two attached hydrogens (primary N) is 2.